The second-order valence-electron chi connectivity index (χ2n) is 6.16. The third-order valence-corrected chi connectivity index (χ3v) is 4.22. The summed E-state index contributed by atoms with van der Waals surface area (Å²) in [5, 5.41) is 3.15. The Bertz CT molecular complexity index is 482. The average Bonchev–Trinajstić information content (AvgIpc) is 2.41. The molecule has 1 saturated heterocycles. The maximum atomic E-state index is 12.5. The predicted octanol–water partition coefficient (Wildman–Crippen LogP) is 4.52. The van der Waals surface area contributed by atoms with Crippen LogP contribution in [0.25, 0.3) is 0 Å². The van der Waals surface area contributed by atoms with E-state index in [2.05, 4.69) is 51.2 Å². The van der Waals surface area contributed by atoms with E-state index in [0.29, 0.717) is 12.0 Å². The lowest BCUT2D eigenvalue weighted by atomic mass is 9.98. The second kappa shape index (κ2) is 6.29. The van der Waals surface area contributed by atoms with Gasteiger partial charge >= 0.3 is 6.03 Å². The normalized spacial score (nSPS) is 19.2. The number of aryl methyl sites for hydroxylation is 1. The number of hydrogen-bond acceptors (Lipinski definition) is 1. The first-order chi connectivity index (χ1) is 9.50. The van der Waals surface area contributed by atoms with Gasteiger partial charge in [0.05, 0.1) is 0 Å². The lowest BCUT2D eigenvalue weighted by Gasteiger charge is -2.34. The molecule has 1 heterocycles. The summed E-state index contributed by atoms with van der Waals surface area (Å²) < 4.78 is 0. The highest BCUT2D eigenvalue weighted by molar-refractivity contribution is 5.91. The van der Waals surface area contributed by atoms with Crippen molar-refractivity contribution < 1.29 is 4.79 Å². The minimum absolute atomic E-state index is 0.0494. The fourth-order valence-corrected chi connectivity index (χ4v) is 2.92. The zero-order valence-electron chi connectivity index (χ0n) is 13.1. The maximum absolute atomic E-state index is 12.5. The van der Waals surface area contributed by atoms with Crippen LogP contribution in [-0.4, -0.2) is 23.5 Å². The highest BCUT2D eigenvalue weighted by Gasteiger charge is 2.24. The summed E-state index contributed by atoms with van der Waals surface area (Å²) in [5.41, 5.74) is 3.34. The van der Waals surface area contributed by atoms with E-state index < -0.39 is 0 Å². The number of carbonyl (C=O) groups is 1. The first-order valence-electron chi connectivity index (χ1n) is 7.68. The van der Waals surface area contributed by atoms with Gasteiger partial charge in [0.25, 0.3) is 0 Å². The number of amides is 2. The standard InChI is InChI=1S/C17H26N2O/c1-12(2)15-10-7-8-13(3)16(15)18-17(20)19-11-6-5-9-14(19)4/h7-8,10,12,14H,5-6,9,11H2,1-4H3,(H,18,20). The highest BCUT2D eigenvalue weighted by Crippen LogP contribution is 2.28. The van der Waals surface area contributed by atoms with E-state index in [9.17, 15) is 4.79 Å². The maximum Gasteiger partial charge on any atom is 0.322 e. The highest BCUT2D eigenvalue weighted by atomic mass is 16.2. The van der Waals surface area contributed by atoms with Crippen molar-refractivity contribution in [2.45, 2.75) is 58.9 Å². The zero-order valence-corrected chi connectivity index (χ0v) is 13.1. The molecule has 0 aromatic heterocycles. The number of piperidine rings is 1. The average molecular weight is 274 g/mol. The Morgan fingerprint density at radius 3 is 2.75 bits per heavy atom. The van der Waals surface area contributed by atoms with E-state index in [1.807, 2.05) is 4.90 Å². The molecule has 1 atom stereocenters. The fraction of sp³-hybridized carbons (Fsp3) is 0.588. The van der Waals surface area contributed by atoms with Gasteiger partial charge in [-0.3, -0.25) is 0 Å². The van der Waals surface area contributed by atoms with Crippen LogP contribution in [0.3, 0.4) is 0 Å². The van der Waals surface area contributed by atoms with Gasteiger partial charge in [0, 0.05) is 18.3 Å². The summed E-state index contributed by atoms with van der Waals surface area (Å²) >= 11 is 0. The zero-order chi connectivity index (χ0) is 14.7. The van der Waals surface area contributed by atoms with Crippen molar-refractivity contribution in [3.63, 3.8) is 0 Å². The molecule has 3 heteroatoms. The van der Waals surface area contributed by atoms with E-state index in [0.717, 1.165) is 30.6 Å². The third-order valence-electron chi connectivity index (χ3n) is 4.22. The van der Waals surface area contributed by atoms with Crippen LogP contribution in [-0.2, 0) is 0 Å². The van der Waals surface area contributed by atoms with E-state index in [1.165, 1.54) is 12.0 Å². The number of anilines is 1. The van der Waals surface area contributed by atoms with Gasteiger partial charge in [0.1, 0.15) is 0 Å². The van der Waals surface area contributed by atoms with E-state index in [1.54, 1.807) is 0 Å². The van der Waals surface area contributed by atoms with Crippen molar-refractivity contribution in [3.05, 3.63) is 29.3 Å². The largest absolute Gasteiger partial charge is 0.322 e. The molecular weight excluding hydrogens is 248 g/mol. The lowest BCUT2D eigenvalue weighted by molar-refractivity contribution is 0.170. The molecule has 3 nitrogen and oxygen atoms in total. The molecule has 0 saturated carbocycles. The molecule has 1 fully saturated rings. The van der Waals surface area contributed by atoms with E-state index >= 15 is 0 Å². The second-order valence-corrected chi connectivity index (χ2v) is 6.16. The van der Waals surface area contributed by atoms with Crippen molar-refractivity contribution in [1.82, 2.24) is 4.90 Å². The van der Waals surface area contributed by atoms with Gasteiger partial charge in [-0.1, -0.05) is 32.0 Å². The number of benzene rings is 1. The van der Waals surface area contributed by atoms with Gasteiger partial charge in [-0.25, -0.2) is 4.79 Å². The molecule has 0 spiro atoms. The molecule has 1 aromatic carbocycles. The monoisotopic (exact) mass is 274 g/mol. The summed E-state index contributed by atoms with van der Waals surface area (Å²) in [6, 6.07) is 6.61. The van der Waals surface area contributed by atoms with Crippen molar-refractivity contribution in [1.29, 1.82) is 0 Å². The van der Waals surface area contributed by atoms with Crippen LogP contribution in [0.1, 0.15) is 57.1 Å². The van der Waals surface area contributed by atoms with Gasteiger partial charge in [-0.15, -0.1) is 0 Å². The Labute approximate surface area is 122 Å². The molecule has 2 amide bonds. The van der Waals surface area contributed by atoms with E-state index in [4.69, 9.17) is 0 Å². The molecule has 2 rings (SSSR count). The molecule has 0 aliphatic carbocycles. The fourth-order valence-electron chi connectivity index (χ4n) is 2.92. The lowest BCUT2D eigenvalue weighted by Crippen LogP contribution is -2.44. The number of carbonyl (C=O) groups excluding carboxylic acids is 1. The van der Waals surface area contributed by atoms with Crippen molar-refractivity contribution >= 4 is 11.7 Å². The first kappa shape index (κ1) is 14.9. The summed E-state index contributed by atoms with van der Waals surface area (Å²) in [6.07, 6.45) is 3.45. The van der Waals surface area contributed by atoms with Gasteiger partial charge in [0.15, 0.2) is 0 Å². The Kier molecular flexibility index (Phi) is 4.69. The SMILES string of the molecule is Cc1cccc(C(C)C)c1NC(=O)N1CCCCC1C. The molecule has 1 N–H and O–H groups in total. The van der Waals surface area contributed by atoms with Crippen LogP contribution in [0.15, 0.2) is 18.2 Å². The van der Waals surface area contributed by atoms with Crippen molar-refractivity contribution in [2.75, 3.05) is 11.9 Å². The molecule has 1 unspecified atom stereocenters. The summed E-state index contributed by atoms with van der Waals surface area (Å²) in [5.74, 6) is 0.406. The van der Waals surface area contributed by atoms with Gasteiger partial charge in [-0.05, 0) is 50.2 Å². The summed E-state index contributed by atoms with van der Waals surface area (Å²) in [7, 11) is 0. The number of urea groups is 1. The number of nitrogens with one attached hydrogen (secondary N) is 1. The summed E-state index contributed by atoms with van der Waals surface area (Å²) in [6.45, 7) is 9.39. The third kappa shape index (κ3) is 3.14. The number of nitrogens with zero attached hydrogens (tertiary/aromatic N) is 1. The quantitative estimate of drug-likeness (QED) is 0.844. The minimum atomic E-state index is 0.0494. The summed E-state index contributed by atoms with van der Waals surface area (Å²) in [4.78, 5) is 14.5. The minimum Gasteiger partial charge on any atom is -0.322 e. The number of hydrogen-bond donors (Lipinski definition) is 1. The van der Waals surface area contributed by atoms with Crippen LogP contribution in [0, 0.1) is 6.92 Å². The molecule has 1 aromatic rings. The van der Waals surface area contributed by atoms with Crippen LogP contribution in [0.4, 0.5) is 10.5 Å². The van der Waals surface area contributed by atoms with Crippen LogP contribution in [0.5, 0.6) is 0 Å². The molecule has 110 valence electrons. The first-order valence-corrected chi connectivity index (χ1v) is 7.68. The van der Waals surface area contributed by atoms with Crippen molar-refractivity contribution in [3.8, 4) is 0 Å². The van der Waals surface area contributed by atoms with Crippen LogP contribution in [0.2, 0.25) is 0 Å². The topological polar surface area (TPSA) is 32.3 Å². The molecule has 0 radical (unpaired) electrons. The Morgan fingerprint density at radius 1 is 1.35 bits per heavy atom. The number of para-hydroxylation sites is 1. The van der Waals surface area contributed by atoms with Crippen LogP contribution < -0.4 is 5.32 Å². The predicted molar refractivity (Wildman–Crippen MR) is 84.3 cm³/mol. The van der Waals surface area contributed by atoms with Crippen LogP contribution >= 0.6 is 0 Å². The van der Waals surface area contributed by atoms with Gasteiger partial charge < -0.3 is 10.2 Å². The molecule has 1 aliphatic rings. The Balaban J connectivity index is 2.19. The molecule has 1 aliphatic heterocycles. The molecule has 20 heavy (non-hydrogen) atoms. The Hall–Kier alpha value is -1.51. The van der Waals surface area contributed by atoms with Gasteiger partial charge in [-0.2, -0.15) is 0 Å². The van der Waals surface area contributed by atoms with Crippen molar-refractivity contribution in [2.24, 2.45) is 0 Å². The molecule has 0 bridgehead atoms. The van der Waals surface area contributed by atoms with E-state index in [-0.39, 0.29) is 6.03 Å². The molecular formula is C17H26N2O. The smallest absolute Gasteiger partial charge is 0.322 e. The Morgan fingerprint density at radius 2 is 2.10 bits per heavy atom. The van der Waals surface area contributed by atoms with Gasteiger partial charge in [0.2, 0.25) is 0 Å². The number of likely N-dealkylation sites (tertiary alicyclic amines) is 1. The number of rotatable bonds is 2.